The first kappa shape index (κ1) is 17.2. The van der Waals surface area contributed by atoms with E-state index in [-0.39, 0.29) is 0 Å². The molecule has 0 bridgehead atoms. The minimum absolute atomic E-state index is 0.379. The fourth-order valence-corrected chi connectivity index (χ4v) is 3.27. The van der Waals surface area contributed by atoms with Crippen LogP contribution in [0.2, 0.25) is 19.6 Å². The number of halogens is 1. The molecule has 3 aromatic rings. The third-order valence-electron chi connectivity index (χ3n) is 3.71. The number of rotatable bonds is 2. The van der Waals surface area contributed by atoms with Crippen LogP contribution in [0.3, 0.4) is 0 Å². The Morgan fingerprint density at radius 2 is 1.79 bits per heavy atom. The molecule has 0 unspecified atom stereocenters. The number of H-pyrrole nitrogens is 1. The van der Waals surface area contributed by atoms with E-state index in [1.54, 1.807) is 0 Å². The average molecular weight is 444 g/mol. The van der Waals surface area contributed by atoms with Gasteiger partial charge in [-0.2, -0.15) is 0 Å². The Hall–Kier alpha value is -1.58. The molecule has 3 rings (SSSR count). The summed E-state index contributed by atoms with van der Waals surface area (Å²) in [6, 6.07) is 13.0. The monoisotopic (exact) mass is 444 g/mol. The van der Waals surface area contributed by atoms with Crippen LogP contribution >= 0.6 is 22.6 Å². The highest BCUT2D eigenvalue weighted by molar-refractivity contribution is 14.1. The number of nitrogens with one attached hydrogen (secondary N) is 1. The minimum Gasteiger partial charge on any atom is -0.341 e. The van der Waals surface area contributed by atoms with Crippen LogP contribution in [0, 0.1) is 11.5 Å². The van der Waals surface area contributed by atoms with E-state index >= 15 is 0 Å². The third kappa shape index (κ3) is 4.08. The van der Waals surface area contributed by atoms with Crippen molar-refractivity contribution in [3.8, 4) is 22.7 Å². The van der Waals surface area contributed by atoms with E-state index in [0.29, 0.717) is 3.92 Å². The molecule has 0 fully saturated rings. The first-order valence-corrected chi connectivity index (χ1v) is 12.8. The summed E-state index contributed by atoms with van der Waals surface area (Å²) in [5, 5.41) is 2.45. The lowest BCUT2D eigenvalue weighted by Crippen LogP contribution is -2.16. The zero-order valence-electron chi connectivity index (χ0n) is 14.4. The number of aromatic nitrogens is 2. The van der Waals surface area contributed by atoms with E-state index in [1.165, 1.54) is 16.3 Å². The molecule has 4 heteroatoms. The molecule has 1 atom stereocenters. The highest BCUT2D eigenvalue weighted by Crippen LogP contribution is 2.26. The number of benzene rings is 2. The molecule has 0 saturated carbocycles. The molecule has 0 amide bonds. The van der Waals surface area contributed by atoms with Crippen molar-refractivity contribution in [2.45, 2.75) is 30.5 Å². The van der Waals surface area contributed by atoms with Gasteiger partial charge in [-0.05, 0) is 35.9 Å². The maximum absolute atomic E-state index is 4.46. The van der Waals surface area contributed by atoms with E-state index in [1.807, 2.05) is 6.20 Å². The second-order valence-corrected chi connectivity index (χ2v) is 13.7. The highest BCUT2D eigenvalue weighted by Gasteiger charge is 2.09. The van der Waals surface area contributed by atoms with Gasteiger partial charge < -0.3 is 4.98 Å². The van der Waals surface area contributed by atoms with E-state index in [0.717, 1.165) is 17.1 Å². The standard InChI is InChI=1S/C20H21IN2Si/c1-14(21)20-22-13-19(23-20)18-8-7-16-11-15(5-6-17(16)12-18)9-10-24(2,3)4/h5-8,11-14H,1-4H3,(H,22,23)/t14-/m0/s1. The molecular weight excluding hydrogens is 423 g/mol. The summed E-state index contributed by atoms with van der Waals surface area (Å²) in [7, 11) is -1.34. The Bertz CT molecular complexity index is 939. The second-order valence-electron chi connectivity index (χ2n) is 7.07. The second kappa shape index (κ2) is 6.73. The number of aromatic amines is 1. The summed E-state index contributed by atoms with van der Waals surface area (Å²) in [6.45, 7) is 8.93. The van der Waals surface area contributed by atoms with Gasteiger partial charge in [0.05, 0.1) is 15.8 Å². The Kier molecular flexibility index (Phi) is 4.84. The predicted octanol–water partition coefficient (Wildman–Crippen LogP) is 5.95. The maximum atomic E-state index is 4.46. The lowest BCUT2D eigenvalue weighted by molar-refractivity contribution is 0.996. The smallest absolute Gasteiger partial charge is 0.129 e. The van der Waals surface area contributed by atoms with Crippen molar-refractivity contribution < 1.29 is 0 Å². The van der Waals surface area contributed by atoms with Crippen LogP contribution < -0.4 is 0 Å². The number of imidazole rings is 1. The van der Waals surface area contributed by atoms with Gasteiger partial charge in [0.25, 0.3) is 0 Å². The molecule has 0 aliphatic rings. The molecular formula is C20H21IN2Si. The van der Waals surface area contributed by atoms with E-state index in [9.17, 15) is 0 Å². The Morgan fingerprint density at radius 3 is 2.46 bits per heavy atom. The molecule has 0 saturated heterocycles. The molecule has 24 heavy (non-hydrogen) atoms. The summed E-state index contributed by atoms with van der Waals surface area (Å²) < 4.78 is 0.379. The first-order valence-electron chi connectivity index (χ1n) is 8.08. The van der Waals surface area contributed by atoms with Crippen molar-refractivity contribution in [2.75, 3.05) is 0 Å². The molecule has 1 aromatic heterocycles. The van der Waals surface area contributed by atoms with Gasteiger partial charge in [-0.1, -0.05) is 66.4 Å². The highest BCUT2D eigenvalue weighted by atomic mass is 127. The van der Waals surface area contributed by atoms with Crippen LogP contribution in [-0.2, 0) is 0 Å². The number of hydrogen-bond acceptors (Lipinski definition) is 1. The fourth-order valence-electron chi connectivity index (χ4n) is 2.44. The van der Waals surface area contributed by atoms with Gasteiger partial charge >= 0.3 is 0 Å². The van der Waals surface area contributed by atoms with Crippen LogP contribution in [0.1, 0.15) is 22.2 Å². The Balaban J connectivity index is 1.95. The molecule has 0 aliphatic heterocycles. The number of fused-ring (bicyclic) bond motifs is 1. The van der Waals surface area contributed by atoms with E-state index in [2.05, 4.69) is 107 Å². The lowest BCUT2D eigenvalue weighted by Gasteiger charge is -2.05. The van der Waals surface area contributed by atoms with Gasteiger partial charge in [-0.15, -0.1) is 5.54 Å². The van der Waals surface area contributed by atoms with Crippen LogP contribution in [0.4, 0.5) is 0 Å². The van der Waals surface area contributed by atoms with Crippen LogP contribution in [-0.4, -0.2) is 18.0 Å². The quantitative estimate of drug-likeness (QED) is 0.225. The first-order chi connectivity index (χ1) is 11.3. The Morgan fingerprint density at radius 1 is 1.08 bits per heavy atom. The van der Waals surface area contributed by atoms with E-state index in [4.69, 9.17) is 0 Å². The zero-order valence-corrected chi connectivity index (χ0v) is 17.6. The fraction of sp³-hybridized carbons (Fsp3) is 0.250. The van der Waals surface area contributed by atoms with E-state index < -0.39 is 8.07 Å². The van der Waals surface area contributed by atoms with Crippen molar-refractivity contribution in [1.82, 2.24) is 9.97 Å². The largest absolute Gasteiger partial charge is 0.341 e. The zero-order chi connectivity index (χ0) is 17.3. The van der Waals surface area contributed by atoms with Gasteiger partial charge in [-0.25, -0.2) is 4.98 Å². The lowest BCUT2D eigenvalue weighted by atomic mass is 10.0. The van der Waals surface area contributed by atoms with Gasteiger partial charge in [0.2, 0.25) is 0 Å². The predicted molar refractivity (Wildman–Crippen MR) is 114 cm³/mol. The summed E-state index contributed by atoms with van der Waals surface area (Å²) >= 11 is 2.37. The van der Waals surface area contributed by atoms with Crippen molar-refractivity contribution in [3.05, 3.63) is 54.0 Å². The number of alkyl halides is 1. The number of hydrogen-bond donors (Lipinski definition) is 1. The van der Waals surface area contributed by atoms with Gasteiger partial charge in [0.1, 0.15) is 13.9 Å². The van der Waals surface area contributed by atoms with Crippen LogP contribution in [0.15, 0.2) is 42.6 Å². The molecule has 0 spiro atoms. The van der Waals surface area contributed by atoms with Gasteiger partial charge in [0, 0.05) is 11.1 Å². The molecule has 0 aliphatic carbocycles. The van der Waals surface area contributed by atoms with Crippen molar-refractivity contribution >= 4 is 41.4 Å². The van der Waals surface area contributed by atoms with Crippen LogP contribution in [0.25, 0.3) is 22.0 Å². The van der Waals surface area contributed by atoms with Crippen LogP contribution in [0.5, 0.6) is 0 Å². The van der Waals surface area contributed by atoms with Gasteiger partial charge in [0.15, 0.2) is 0 Å². The molecule has 2 aromatic carbocycles. The van der Waals surface area contributed by atoms with Crippen molar-refractivity contribution in [3.63, 3.8) is 0 Å². The summed E-state index contributed by atoms with van der Waals surface area (Å²) in [6.07, 6.45) is 1.92. The molecule has 1 N–H and O–H groups in total. The van der Waals surface area contributed by atoms with Crippen molar-refractivity contribution in [2.24, 2.45) is 0 Å². The molecule has 122 valence electrons. The third-order valence-corrected chi connectivity index (χ3v) is 5.17. The van der Waals surface area contributed by atoms with Crippen molar-refractivity contribution in [1.29, 1.82) is 0 Å². The number of nitrogens with zero attached hydrogens (tertiary/aromatic N) is 1. The summed E-state index contributed by atoms with van der Waals surface area (Å²) in [4.78, 5) is 7.86. The molecule has 1 heterocycles. The SMILES string of the molecule is C[C@H](I)c1ncc(-c2ccc3cc(C#C[Si](C)(C)C)ccc3c2)[nH]1. The minimum atomic E-state index is -1.34. The Labute approximate surface area is 158 Å². The average Bonchev–Trinajstić information content (AvgIpc) is 3.02. The molecule has 0 radical (unpaired) electrons. The maximum Gasteiger partial charge on any atom is 0.129 e. The summed E-state index contributed by atoms with van der Waals surface area (Å²) in [5.41, 5.74) is 6.76. The van der Waals surface area contributed by atoms with Gasteiger partial charge in [-0.3, -0.25) is 0 Å². The topological polar surface area (TPSA) is 28.7 Å². The summed E-state index contributed by atoms with van der Waals surface area (Å²) in [5.74, 6) is 4.35. The normalized spacial score (nSPS) is 12.7. The molecule has 2 nitrogen and oxygen atoms in total.